The Bertz CT molecular complexity index is 1030. The van der Waals surface area contributed by atoms with Crippen molar-refractivity contribution in [3.8, 4) is 0 Å². The lowest BCUT2D eigenvalue weighted by molar-refractivity contribution is 0.100. The number of carbonyl (C=O) groups is 3. The van der Waals surface area contributed by atoms with Crippen LogP contribution in [0.15, 0.2) is 42.5 Å². The summed E-state index contributed by atoms with van der Waals surface area (Å²) in [7, 11) is 0. The lowest BCUT2D eigenvalue weighted by Crippen LogP contribution is -2.40. The van der Waals surface area contributed by atoms with Gasteiger partial charge in [-0.1, -0.05) is 12.1 Å². The molecule has 0 radical (unpaired) electrons. The van der Waals surface area contributed by atoms with Gasteiger partial charge in [0.15, 0.2) is 0 Å². The molecule has 0 bridgehead atoms. The van der Waals surface area contributed by atoms with Crippen molar-refractivity contribution in [2.45, 2.75) is 12.5 Å². The number of halogens is 1. The predicted octanol–water partition coefficient (Wildman–Crippen LogP) is 2.28. The molecule has 0 aromatic heterocycles. The van der Waals surface area contributed by atoms with Gasteiger partial charge in [-0.2, -0.15) is 0 Å². The largest absolute Gasteiger partial charge is 0.447 e. The molecule has 4 amide bonds. The SMILES string of the molecule is NC(=O)c1ccccc1N1CCC(NC(=O)Nc2ccc(F)c(N3CCOC3=O)c2)C1. The number of benzene rings is 2. The second kappa shape index (κ2) is 8.50. The van der Waals surface area contributed by atoms with Gasteiger partial charge >= 0.3 is 12.1 Å². The number of anilines is 3. The lowest BCUT2D eigenvalue weighted by atomic mass is 10.1. The standard InChI is InChI=1S/C21H22FN5O4/c22-16-6-5-13(11-18(16)27-9-10-31-21(27)30)24-20(29)25-14-7-8-26(12-14)17-4-2-1-3-15(17)19(23)28/h1-6,11,14H,7-10,12H2,(H2,23,28)(H2,24,25,29). The Morgan fingerprint density at radius 1 is 1.13 bits per heavy atom. The molecule has 162 valence electrons. The summed E-state index contributed by atoms with van der Waals surface area (Å²) < 4.78 is 19.0. The zero-order chi connectivity index (χ0) is 22.0. The molecule has 1 atom stereocenters. The predicted molar refractivity (Wildman–Crippen MR) is 113 cm³/mol. The molecule has 2 heterocycles. The van der Waals surface area contributed by atoms with E-state index >= 15 is 0 Å². The van der Waals surface area contributed by atoms with Crippen molar-refractivity contribution in [1.29, 1.82) is 0 Å². The molecule has 4 N–H and O–H groups in total. The number of amides is 4. The van der Waals surface area contributed by atoms with Crippen LogP contribution in [0.2, 0.25) is 0 Å². The van der Waals surface area contributed by atoms with Gasteiger partial charge < -0.3 is 26.0 Å². The first-order valence-electron chi connectivity index (χ1n) is 9.87. The van der Waals surface area contributed by atoms with Crippen LogP contribution >= 0.6 is 0 Å². The van der Waals surface area contributed by atoms with Gasteiger partial charge in [0, 0.05) is 30.5 Å². The maximum absolute atomic E-state index is 14.1. The van der Waals surface area contributed by atoms with Crippen molar-refractivity contribution in [3.63, 3.8) is 0 Å². The van der Waals surface area contributed by atoms with Crippen molar-refractivity contribution in [1.82, 2.24) is 5.32 Å². The Hall–Kier alpha value is -3.82. The summed E-state index contributed by atoms with van der Waals surface area (Å²) in [5.41, 5.74) is 7.03. The number of carbonyl (C=O) groups excluding carboxylic acids is 3. The molecule has 31 heavy (non-hydrogen) atoms. The molecule has 0 saturated carbocycles. The second-order valence-electron chi connectivity index (χ2n) is 7.34. The highest BCUT2D eigenvalue weighted by atomic mass is 19.1. The number of primary amides is 1. The maximum Gasteiger partial charge on any atom is 0.414 e. The number of nitrogens with one attached hydrogen (secondary N) is 2. The molecule has 9 nitrogen and oxygen atoms in total. The van der Waals surface area contributed by atoms with Crippen LogP contribution in [0.4, 0.5) is 31.0 Å². The number of rotatable bonds is 5. The van der Waals surface area contributed by atoms with E-state index in [-0.39, 0.29) is 24.9 Å². The van der Waals surface area contributed by atoms with E-state index < -0.39 is 23.8 Å². The normalized spacial score (nSPS) is 18.1. The zero-order valence-corrected chi connectivity index (χ0v) is 16.6. The monoisotopic (exact) mass is 427 g/mol. The summed E-state index contributed by atoms with van der Waals surface area (Å²) in [6.45, 7) is 1.61. The highest BCUT2D eigenvalue weighted by Gasteiger charge is 2.28. The molecule has 2 fully saturated rings. The molecule has 2 aliphatic rings. The summed E-state index contributed by atoms with van der Waals surface area (Å²) in [5.74, 6) is -1.08. The number of urea groups is 1. The number of ether oxygens (including phenoxy) is 1. The van der Waals surface area contributed by atoms with Gasteiger partial charge in [0.2, 0.25) is 0 Å². The topological polar surface area (TPSA) is 117 Å². The Labute approximate surface area is 177 Å². The van der Waals surface area contributed by atoms with E-state index in [0.717, 1.165) is 5.69 Å². The third kappa shape index (κ3) is 4.37. The van der Waals surface area contributed by atoms with Crippen LogP contribution in [0.25, 0.3) is 0 Å². The van der Waals surface area contributed by atoms with Gasteiger partial charge in [0.1, 0.15) is 12.4 Å². The van der Waals surface area contributed by atoms with E-state index in [9.17, 15) is 18.8 Å². The van der Waals surface area contributed by atoms with Gasteiger partial charge in [-0.05, 0) is 36.8 Å². The minimum atomic E-state index is -0.622. The highest BCUT2D eigenvalue weighted by Crippen LogP contribution is 2.27. The molecule has 10 heteroatoms. The van der Waals surface area contributed by atoms with E-state index in [2.05, 4.69) is 10.6 Å². The minimum absolute atomic E-state index is 0.0513. The lowest BCUT2D eigenvalue weighted by Gasteiger charge is -2.21. The van der Waals surface area contributed by atoms with Gasteiger partial charge in [-0.15, -0.1) is 0 Å². The summed E-state index contributed by atoms with van der Waals surface area (Å²) in [5, 5.41) is 5.55. The molecule has 2 aromatic carbocycles. The summed E-state index contributed by atoms with van der Waals surface area (Å²) in [4.78, 5) is 39.0. The fourth-order valence-electron chi connectivity index (χ4n) is 3.82. The Kier molecular flexibility index (Phi) is 5.61. The van der Waals surface area contributed by atoms with Gasteiger partial charge in [-0.25, -0.2) is 14.0 Å². The van der Waals surface area contributed by atoms with Crippen molar-refractivity contribution in [2.75, 3.05) is 41.4 Å². The Balaban J connectivity index is 1.38. The molecular formula is C21H22FN5O4. The smallest absolute Gasteiger partial charge is 0.414 e. The number of cyclic esters (lactones) is 1. The van der Waals surface area contributed by atoms with Crippen molar-refractivity contribution >= 4 is 35.1 Å². The fraction of sp³-hybridized carbons (Fsp3) is 0.286. The molecule has 2 aromatic rings. The molecule has 2 saturated heterocycles. The summed E-state index contributed by atoms with van der Waals surface area (Å²) in [6, 6.07) is 10.5. The first-order chi connectivity index (χ1) is 14.9. The highest BCUT2D eigenvalue weighted by molar-refractivity contribution is 5.98. The van der Waals surface area contributed by atoms with Crippen LogP contribution in [0, 0.1) is 5.82 Å². The van der Waals surface area contributed by atoms with Gasteiger partial charge in [0.25, 0.3) is 5.91 Å². The average Bonchev–Trinajstić information content (AvgIpc) is 3.38. The fourth-order valence-corrected chi connectivity index (χ4v) is 3.82. The molecule has 1 unspecified atom stereocenters. The van der Waals surface area contributed by atoms with Crippen LogP contribution in [0.3, 0.4) is 0 Å². The number of hydrogen-bond acceptors (Lipinski definition) is 5. The number of nitrogens with two attached hydrogens (primary N) is 1. The first-order valence-corrected chi connectivity index (χ1v) is 9.87. The van der Waals surface area contributed by atoms with Crippen molar-refractivity contribution in [2.24, 2.45) is 5.73 Å². The Morgan fingerprint density at radius 2 is 1.94 bits per heavy atom. The molecule has 4 rings (SSSR count). The molecular weight excluding hydrogens is 405 g/mol. The quantitative estimate of drug-likeness (QED) is 0.677. The summed E-state index contributed by atoms with van der Waals surface area (Å²) in [6.07, 6.45) is 0.0669. The van der Waals surface area contributed by atoms with E-state index in [0.29, 0.717) is 30.8 Å². The van der Waals surface area contributed by atoms with E-state index in [4.69, 9.17) is 10.5 Å². The number of nitrogens with zero attached hydrogens (tertiary/aromatic N) is 2. The second-order valence-corrected chi connectivity index (χ2v) is 7.34. The van der Waals surface area contributed by atoms with Crippen molar-refractivity contribution < 1.29 is 23.5 Å². The first kappa shape index (κ1) is 20.5. The average molecular weight is 427 g/mol. The molecule has 0 spiro atoms. The zero-order valence-electron chi connectivity index (χ0n) is 16.6. The molecule has 2 aliphatic heterocycles. The maximum atomic E-state index is 14.1. The number of hydrogen-bond donors (Lipinski definition) is 3. The van der Waals surface area contributed by atoms with Crippen LogP contribution in [-0.2, 0) is 4.74 Å². The van der Waals surface area contributed by atoms with Crippen LogP contribution < -0.4 is 26.2 Å². The van der Waals surface area contributed by atoms with E-state index in [1.807, 2.05) is 17.0 Å². The van der Waals surface area contributed by atoms with E-state index in [1.54, 1.807) is 12.1 Å². The van der Waals surface area contributed by atoms with Crippen LogP contribution in [0.5, 0.6) is 0 Å². The molecule has 0 aliphatic carbocycles. The van der Waals surface area contributed by atoms with Gasteiger partial charge in [0.05, 0.1) is 17.8 Å². The van der Waals surface area contributed by atoms with E-state index in [1.165, 1.54) is 23.1 Å². The van der Waals surface area contributed by atoms with Gasteiger partial charge in [-0.3, -0.25) is 9.69 Å². The third-order valence-corrected chi connectivity index (χ3v) is 5.29. The third-order valence-electron chi connectivity index (χ3n) is 5.29. The number of para-hydroxylation sites is 1. The summed E-state index contributed by atoms with van der Waals surface area (Å²) >= 11 is 0. The van der Waals surface area contributed by atoms with Crippen LogP contribution in [0.1, 0.15) is 16.8 Å². The van der Waals surface area contributed by atoms with Crippen molar-refractivity contribution in [3.05, 3.63) is 53.8 Å². The Morgan fingerprint density at radius 3 is 2.68 bits per heavy atom. The van der Waals surface area contributed by atoms with Crippen LogP contribution in [-0.4, -0.2) is 50.3 Å². The minimum Gasteiger partial charge on any atom is -0.447 e.